The standard InChI is InChI=1S/C23H24BrN2O/c1-2-23-25(15-18-5-3-4-6-20(18)24)10-11-26(23)21-8-7-16-13-17-9-12-27-22(17)14-19(16)21/h3-6,10-11,13-14,21H,2,7-9,12,15H2,1H3/q+1. The average Bonchev–Trinajstić information content (AvgIpc) is 3.39. The van der Waals surface area contributed by atoms with E-state index in [0.717, 1.165) is 31.7 Å². The maximum Gasteiger partial charge on any atom is 0.256 e. The van der Waals surface area contributed by atoms with Gasteiger partial charge in [-0.05, 0) is 36.1 Å². The molecule has 0 saturated heterocycles. The number of rotatable bonds is 4. The van der Waals surface area contributed by atoms with Crippen LogP contribution in [0.2, 0.25) is 0 Å². The van der Waals surface area contributed by atoms with Crippen molar-refractivity contribution in [2.45, 2.75) is 45.2 Å². The fourth-order valence-corrected chi connectivity index (χ4v) is 5.06. The molecule has 1 aromatic heterocycles. The Balaban J connectivity index is 1.51. The molecule has 0 amide bonds. The molecule has 2 heterocycles. The van der Waals surface area contributed by atoms with Crippen LogP contribution >= 0.6 is 15.9 Å². The Bertz CT molecular complexity index is 1010. The first-order valence-corrected chi connectivity index (χ1v) is 10.6. The molecule has 27 heavy (non-hydrogen) atoms. The van der Waals surface area contributed by atoms with Crippen LogP contribution in [-0.4, -0.2) is 11.2 Å². The second kappa shape index (κ2) is 6.83. The van der Waals surface area contributed by atoms with Crippen molar-refractivity contribution in [3.63, 3.8) is 0 Å². The van der Waals surface area contributed by atoms with Crippen LogP contribution in [0.3, 0.4) is 0 Å². The van der Waals surface area contributed by atoms with Gasteiger partial charge in [-0.2, -0.15) is 0 Å². The van der Waals surface area contributed by atoms with Crippen molar-refractivity contribution in [1.82, 2.24) is 4.57 Å². The van der Waals surface area contributed by atoms with Crippen LogP contribution in [0.25, 0.3) is 0 Å². The number of hydrogen-bond acceptors (Lipinski definition) is 1. The van der Waals surface area contributed by atoms with E-state index >= 15 is 0 Å². The first kappa shape index (κ1) is 17.1. The van der Waals surface area contributed by atoms with E-state index in [-0.39, 0.29) is 0 Å². The molecule has 0 radical (unpaired) electrons. The van der Waals surface area contributed by atoms with Gasteiger partial charge in [-0.15, -0.1) is 0 Å². The normalized spacial score (nSPS) is 17.6. The van der Waals surface area contributed by atoms with Crippen LogP contribution < -0.4 is 9.30 Å². The quantitative estimate of drug-likeness (QED) is 0.559. The van der Waals surface area contributed by atoms with E-state index in [1.165, 1.54) is 45.4 Å². The topological polar surface area (TPSA) is 18.0 Å². The Labute approximate surface area is 168 Å². The second-order valence-corrected chi connectivity index (χ2v) is 8.36. The summed E-state index contributed by atoms with van der Waals surface area (Å²) in [5.41, 5.74) is 5.67. The number of halogens is 1. The highest BCUT2D eigenvalue weighted by Gasteiger charge is 2.33. The molecule has 0 spiro atoms. The Hall–Kier alpha value is -2.07. The Morgan fingerprint density at radius 2 is 2.07 bits per heavy atom. The average molecular weight is 424 g/mol. The minimum Gasteiger partial charge on any atom is -0.493 e. The van der Waals surface area contributed by atoms with Crippen LogP contribution in [0.5, 0.6) is 5.75 Å². The number of benzene rings is 2. The number of hydrogen-bond donors (Lipinski definition) is 0. The van der Waals surface area contributed by atoms with Crippen molar-refractivity contribution in [2.75, 3.05) is 6.61 Å². The van der Waals surface area contributed by atoms with Crippen molar-refractivity contribution >= 4 is 15.9 Å². The van der Waals surface area contributed by atoms with Gasteiger partial charge in [-0.25, -0.2) is 9.13 Å². The maximum absolute atomic E-state index is 5.84. The molecule has 2 aromatic carbocycles. The van der Waals surface area contributed by atoms with Gasteiger partial charge in [0.1, 0.15) is 30.7 Å². The summed E-state index contributed by atoms with van der Waals surface area (Å²) in [7, 11) is 0. The van der Waals surface area contributed by atoms with Gasteiger partial charge in [0, 0.05) is 28.4 Å². The number of aryl methyl sites for hydroxylation is 1. The van der Waals surface area contributed by atoms with Gasteiger partial charge in [0.25, 0.3) is 5.82 Å². The summed E-state index contributed by atoms with van der Waals surface area (Å²) in [5.74, 6) is 2.48. The van der Waals surface area contributed by atoms with Gasteiger partial charge < -0.3 is 4.74 Å². The van der Waals surface area contributed by atoms with Gasteiger partial charge in [-0.3, -0.25) is 0 Å². The lowest BCUT2D eigenvalue weighted by Crippen LogP contribution is -2.38. The second-order valence-electron chi connectivity index (χ2n) is 7.51. The van der Waals surface area contributed by atoms with Crippen LogP contribution in [0.1, 0.15) is 47.5 Å². The third-order valence-corrected chi connectivity index (χ3v) is 6.76. The molecular weight excluding hydrogens is 400 g/mol. The summed E-state index contributed by atoms with van der Waals surface area (Å²) < 4.78 is 11.9. The highest BCUT2D eigenvalue weighted by molar-refractivity contribution is 9.10. The molecule has 3 aromatic rings. The predicted molar refractivity (Wildman–Crippen MR) is 109 cm³/mol. The molecule has 138 valence electrons. The third kappa shape index (κ3) is 2.91. The van der Waals surface area contributed by atoms with Crippen molar-refractivity contribution in [2.24, 2.45) is 0 Å². The highest BCUT2D eigenvalue weighted by atomic mass is 79.9. The Morgan fingerprint density at radius 1 is 1.19 bits per heavy atom. The largest absolute Gasteiger partial charge is 0.493 e. The molecule has 0 fully saturated rings. The summed E-state index contributed by atoms with van der Waals surface area (Å²) in [6, 6.07) is 13.6. The highest BCUT2D eigenvalue weighted by Crippen LogP contribution is 2.40. The number of fused-ring (bicyclic) bond motifs is 2. The maximum atomic E-state index is 5.84. The lowest BCUT2D eigenvalue weighted by Gasteiger charge is -2.13. The monoisotopic (exact) mass is 423 g/mol. The molecule has 1 aliphatic carbocycles. The summed E-state index contributed by atoms with van der Waals surface area (Å²) in [6.45, 7) is 3.98. The first-order valence-electron chi connectivity index (χ1n) is 9.85. The van der Waals surface area contributed by atoms with Crippen molar-refractivity contribution in [3.8, 4) is 5.75 Å². The van der Waals surface area contributed by atoms with E-state index in [4.69, 9.17) is 4.74 Å². The Kier molecular flexibility index (Phi) is 4.31. The lowest BCUT2D eigenvalue weighted by molar-refractivity contribution is -0.695. The van der Waals surface area contributed by atoms with E-state index in [2.05, 4.69) is 80.8 Å². The first-order chi connectivity index (χ1) is 13.2. The molecule has 1 aliphatic heterocycles. The van der Waals surface area contributed by atoms with Gasteiger partial charge in [0.15, 0.2) is 0 Å². The minimum atomic E-state index is 0.421. The zero-order valence-electron chi connectivity index (χ0n) is 15.6. The van der Waals surface area contributed by atoms with Crippen LogP contribution in [0.4, 0.5) is 0 Å². The third-order valence-electron chi connectivity index (χ3n) is 5.98. The van der Waals surface area contributed by atoms with Gasteiger partial charge in [0.2, 0.25) is 0 Å². The zero-order valence-corrected chi connectivity index (χ0v) is 17.2. The van der Waals surface area contributed by atoms with E-state index in [1.807, 2.05) is 0 Å². The van der Waals surface area contributed by atoms with E-state index < -0.39 is 0 Å². The molecule has 4 heteroatoms. The Morgan fingerprint density at radius 3 is 2.93 bits per heavy atom. The molecule has 1 unspecified atom stereocenters. The predicted octanol–water partition coefficient (Wildman–Crippen LogP) is 4.62. The van der Waals surface area contributed by atoms with Gasteiger partial charge >= 0.3 is 0 Å². The van der Waals surface area contributed by atoms with E-state index in [9.17, 15) is 0 Å². The lowest BCUT2D eigenvalue weighted by atomic mass is 10.0. The van der Waals surface area contributed by atoms with Crippen molar-refractivity contribution in [1.29, 1.82) is 0 Å². The fourth-order valence-electron chi connectivity index (χ4n) is 4.65. The fraction of sp³-hybridized carbons (Fsp3) is 0.348. The molecule has 5 rings (SSSR count). The smallest absolute Gasteiger partial charge is 0.256 e. The summed E-state index contributed by atoms with van der Waals surface area (Å²) in [6.07, 6.45) is 8.92. The molecule has 2 aliphatic rings. The number of aromatic nitrogens is 2. The molecular formula is C23H24BrN2O+. The SMILES string of the molecule is CCc1n(C2CCc3cc4c(cc32)OCC4)cc[n+]1Cc1ccccc1Br. The van der Waals surface area contributed by atoms with Crippen LogP contribution in [-0.2, 0) is 25.8 Å². The number of nitrogens with zero attached hydrogens (tertiary/aromatic N) is 2. The van der Waals surface area contributed by atoms with Crippen LogP contribution in [0.15, 0.2) is 53.3 Å². The summed E-state index contributed by atoms with van der Waals surface area (Å²) in [5, 5.41) is 0. The minimum absolute atomic E-state index is 0.421. The number of imidazole rings is 1. The van der Waals surface area contributed by atoms with E-state index in [1.54, 1.807) is 0 Å². The van der Waals surface area contributed by atoms with E-state index in [0.29, 0.717) is 6.04 Å². The molecule has 0 bridgehead atoms. The molecule has 0 N–H and O–H groups in total. The van der Waals surface area contributed by atoms with Crippen molar-refractivity contribution < 1.29 is 9.30 Å². The van der Waals surface area contributed by atoms with Crippen molar-refractivity contribution in [3.05, 3.63) is 81.3 Å². The molecule has 3 nitrogen and oxygen atoms in total. The van der Waals surface area contributed by atoms with Gasteiger partial charge in [-0.1, -0.05) is 47.1 Å². The van der Waals surface area contributed by atoms with Gasteiger partial charge in [0.05, 0.1) is 6.61 Å². The van der Waals surface area contributed by atoms with Crippen LogP contribution in [0, 0.1) is 0 Å². The summed E-state index contributed by atoms with van der Waals surface area (Å²) >= 11 is 3.69. The molecule has 1 atom stereocenters. The number of ether oxygens (including phenoxy) is 1. The molecule has 0 saturated carbocycles. The summed E-state index contributed by atoms with van der Waals surface area (Å²) in [4.78, 5) is 0. The zero-order chi connectivity index (χ0) is 18.4.